The minimum atomic E-state index is 0.180. The number of nitrogens with zero attached hydrogens (tertiary/aromatic N) is 1. The van der Waals surface area contributed by atoms with Crippen LogP contribution in [0.3, 0.4) is 0 Å². The molecule has 0 radical (unpaired) electrons. The average molecular weight is 338 g/mol. The Labute approximate surface area is 148 Å². The molecule has 1 amide bonds. The van der Waals surface area contributed by atoms with Crippen molar-refractivity contribution >= 4 is 22.6 Å². The van der Waals surface area contributed by atoms with Gasteiger partial charge in [-0.15, -0.1) is 0 Å². The first-order chi connectivity index (χ1) is 12.3. The quantitative estimate of drug-likeness (QED) is 0.413. The number of aliphatic imine (C=N–C) groups is 1. The molecule has 2 aromatic rings. The van der Waals surface area contributed by atoms with Crippen molar-refractivity contribution in [1.29, 1.82) is 0 Å². The van der Waals surface area contributed by atoms with Crippen LogP contribution in [0.1, 0.15) is 25.3 Å². The Morgan fingerprint density at radius 3 is 2.56 bits per heavy atom. The minimum absolute atomic E-state index is 0.180. The van der Waals surface area contributed by atoms with Crippen molar-refractivity contribution in [3.8, 4) is 0 Å². The average Bonchev–Trinajstić information content (AvgIpc) is 3.48. The van der Waals surface area contributed by atoms with Crippen LogP contribution in [0.15, 0.2) is 47.5 Å². The Morgan fingerprint density at radius 2 is 1.80 bits per heavy atom. The summed E-state index contributed by atoms with van der Waals surface area (Å²) >= 11 is 0. The second-order valence-corrected chi connectivity index (χ2v) is 6.37. The van der Waals surface area contributed by atoms with Gasteiger partial charge in [0.1, 0.15) is 0 Å². The van der Waals surface area contributed by atoms with Crippen molar-refractivity contribution < 1.29 is 4.79 Å². The van der Waals surface area contributed by atoms with Crippen molar-refractivity contribution in [3.05, 3.63) is 48.0 Å². The molecular formula is C20H26N4O. The second-order valence-electron chi connectivity index (χ2n) is 6.37. The number of rotatable bonds is 7. The van der Waals surface area contributed by atoms with Gasteiger partial charge in [0, 0.05) is 25.6 Å². The molecule has 0 aromatic heterocycles. The van der Waals surface area contributed by atoms with E-state index in [0.29, 0.717) is 19.6 Å². The van der Waals surface area contributed by atoms with Gasteiger partial charge in [-0.1, -0.05) is 36.4 Å². The zero-order valence-corrected chi connectivity index (χ0v) is 14.7. The SMILES string of the molecule is CCNC(=NCc1ccc2ccccc2c1)NCCNC(=O)C1CC1. The molecule has 132 valence electrons. The normalized spacial score (nSPS) is 14.4. The molecule has 2 aromatic carbocycles. The van der Waals surface area contributed by atoms with Gasteiger partial charge in [-0.25, -0.2) is 4.99 Å². The van der Waals surface area contributed by atoms with Crippen molar-refractivity contribution in [2.45, 2.75) is 26.3 Å². The Kier molecular flexibility index (Phi) is 5.88. The number of hydrogen-bond donors (Lipinski definition) is 3. The van der Waals surface area contributed by atoms with E-state index in [0.717, 1.165) is 25.3 Å². The summed E-state index contributed by atoms with van der Waals surface area (Å²) in [5.74, 6) is 1.21. The molecule has 1 aliphatic rings. The molecule has 0 atom stereocenters. The van der Waals surface area contributed by atoms with E-state index < -0.39 is 0 Å². The predicted octanol–water partition coefficient (Wildman–Crippen LogP) is 2.42. The summed E-state index contributed by atoms with van der Waals surface area (Å²) in [6.07, 6.45) is 2.07. The van der Waals surface area contributed by atoms with E-state index in [9.17, 15) is 4.79 Å². The third-order valence-electron chi connectivity index (χ3n) is 4.24. The molecule has 1 fully saturated rings. The molecule has 5 nitrogen and oxygen atoms in total. The lowest BCUT2D eigenvalue weighted by atomic mass is 10.1. The maximum atomic E-state index is 11.6. The molecule has 25 heavy (non-hydrogen) atoms. The fourth-order valence-corrected chi connectivity index (χ4v) is 2.71. The van der Waals surface area contributed by atoms with E-state index in [-0.39, 0.29) is 11.8 Å². The highest BCUT2D eigenvalue weighted by molar-refractivity contribution is 5.83. The Morgan fingerprint density at radius 1 is 1.04 bits per heavy atom. The Balaban J connectivity index is 1.52. The van der Waals surface area contributed by atoms with Crippen LogP contribution in [-0.4, -0.2) is 31.5 Å². The highest BCUT2D eigenvalue weighted by atomic mass is 16.2. The summed E-state index contributed by atoms with van der Waals surface area (Å²) in [5, 5.41) is 11.9. The number of guanidine groups is 1. The fraction of sp³-hybridized carbons (Fsp3) is 0.400. The topological polar surface area (TPSA) is 65.5 Å². The number of benzene rings is 2. The van der Waals surface area contributed by atoms with E-state index in [2.05, 4.69) is 63.4 Å². The van der Waals surface area contributed by atoms with Crippen LogP contribution >= 0.6 is 0 Å². The third kappa shape index (κ3) is 5.21. The fourth-order valence-electron chi connectivity index (χ4n) is 2.71. The monoisotopic (exact) mass is 338 g/mol. The van der Waals surface area contributed by atoms with E-state index in [4.69, 9.17) is 0 Å². The summed E-state index contributed by atoms with van der Waals surface area (Å²) in [7, 11) is 0. The third-order valence-corrected chi connectivity index (χ3v) is 4.24. The first-order valence-electron chi connectivity index (χ1n) is 9.04. The molecule has 0 heterocycles. The molecular weight excluding hydrogens is 312 g/mol. The first-order valence-corrected chi connectivity index (χ1v) is 9.04. The maximum Gasteiger partial charge on any atom is 0.223 e. The lowest BCUT2D eigenvalue weighted by molar-refractivity contribution is -0.122. The van der Waals surface area contributed by atoms with E-state index in [1.165, 1.54) is 16.3 Å². The maximum absolute atomic E-state index is 11.6. The predicted molar refractivity (Wildman–Crippen MR) is 103 cm³/mol. The van der Waals surface area contributed by atoms with Crippen molar-refractivity contribution in [1.82, 2.24) is 16.0 Å². The minimum Gasteiger partial charge on any atom is -0.357 e. The molecule has 0 unspecified atom stereocenters. The number of nitrogens with one attached hydrogen (secondary N) is 3. The van der Waals surface area contributed by atoms with Gasteiger partial charge in [0.05, 0.1) is 6.54 Å². The Hall–Kier alpha value is -2.56. The van der Waals surface area contributed by atoms with Gasteiger partial charge in [-0.2, -0.15) is 0 Å². The number of fused-ring (bicyclic) bond motifs is 1. The molecule has 1 saturated carbocycles. The molecule has 1 aliphatic carbocycles. The Bertz CT molecular complexity index is 752. The number of carbonyl (C=O) groups is 1. The van der Waals surface area contributed by atoms with Gasteiger partial charge in [-0.05, 0) is 42.2 Å². The molecule has 3 N–H and O–H groups in total. The molecule has 0 spiro atoms. The smallest absolute Gasteiger partial charge is 0.223 e. The van der Waals surface area contributed by atoms with Crippen LogP contribution < -0.4 is 16.0 Å². The molecule has 3 rings (SSSR count). The number of carbonyl (C=O) groups excluding carboxylic acids is 1. The summed E-state index contributed by atoms with van der Waals surface area (Å²) in [6, 6.07) is 14.8. The van der Waals surface area contributed by atoms with E-state index in [1.807, 2.05) is 6.92 Å². The van der Waals surface area contributed by atoms with Crippen LogP contribution in [0.5, 0.6) is 0 Å². The number of amides is 1. The number of hydrogen-bond acceptors (Lipinski definition) is 2. The first kappa shape index (κ1) is 17.3. The summed E-state index contributed by atoms with van der Waals surface area (Å²) in [6.45, 7) is 4.76. The zero-order chi connectivity index (χ0) is 17.5. The van der Waals surface area contributed by atoms with Crippen LogP contribution in [0.25, 0.3) is 10.8 Å². The summed E-state index contributed by atoms with van der Waals surface area (Å²) in [4.78, 5) is 16.2. The van der Waals surface area contributed by atoms with E-state index in [1.54, 1.807) is 0 Å². The van der Waals surface area contributed by atoms with Crippen LogP contribution in [0, 0.1) is 5.92 Å². The summed E-state index contributed by atoms with van der Waals surface area (Å²) < 4.78 is 0. The largest absolute Gasteiger partial charge is 0.357 e. The molecule has 0 saturated heterocycles. The van der Waals surface area contributed by atoms with Crippen LogP contribution in [0.2, 0.25) is 0 Å². The highest BCUT2D eigenvalue weighted by Gasteiger charge is 2.28. The standard InChI is InChI=1S/C20H26N4O/c1-2-21-20(23-12-11-22-19(25)17-9-10-17)24-14-15-7-8-16-5-3-4-6-18(16)13-15/h3-8,13,17H,2,9-12,14H2,1H3,(H,22,25)(H2,21,23,24). The lowest BCUT2D eigenvalue weighted by Gasteiger charge is -2.12. The lowest BCUT2D eigenvalue weighted by Crippen LogP contribution is -2.41. The molecule has 5 heteroatoms. The molecule has 0 aliphatic heterocycles. The second kappa shape index (κ2) is 8.51. The van der Waals surface area contributed by atoms with Crippen LogP contribution in [0.4, 0.5) is 0 Å². The van der Waals surface area contributed by atoms with Crippen LogP contribution in [-0.2, 0) is 11.3 Å². The highest BCUT2D eigenvalue weighted by Crippen LogP contribution is 2.28. The van der Waals surface area contributed by atoms with Gasteiger partial charge in [0.25, 0.3) is 0 Å². The van der Waals surface area contributed by atoms with Gasteiger partial charge >= 0.3 is 0 Å². The zero-order valence-electron chi connectivity index (χ0n) is 14.7. The van der Waals surface area contributed by atoms with Crippen molar-refractivity contribution in [2.75, 3.05) is 19.6 Å². The van der Waals surface area contributed by atoms with Gasteiger partial charge < -0.3 is 16.0 Å². The van der Waals surface area contributed by atoms with Gasteiger partial charge in [0.2, 0.25) is 5.91 Å². The van der Waals surface area contributed by atoms with Gasteiger partial charge in [-0.3, -0.25) is 4.79 Å². The van der Waals surface area contributed by atoms with Gasteiger partial charge in [0.15, 0.2) is 5.96 Å². The summed E-state index contributed by atoms with van der Waals surface area (Å²) in [5.41, 5.74) is 1.18. The van der Waals surface area contributed by atoms with E-state index >= 15 is 0 Å². The van der Waals surface area contributed by atoms with Crippen molar-refractivity contribution in [2.24, 2.45) is 10.9 Å². The molecule has 0 bridgehead atoms. The van der Waals surface area contributed by atoms with Crippen molar-refractivity contribution in [3.63, 3.8) is 0 Å².